The van der Waals surface area contributed by atoms with Crippen molar-refractivity contribution in [3.05, 3.63) is 38.6 Å². The number of hydrogen-bond donors (Lipinski definition) is 1. The quantitative estimate of drug-likeness (QED) is 0.880. The van der Waals surface area contributed by atoms with Crippen LogP contribution in [0.4, 0.5) is 11.5 Å². The highest BCUT2D eigenvalue weighted by atomic mass is 79.9. The molecule has 0 saturated carbocycles. The molecule has 0 radical (unpaired) electrons. The normalized spacial score (nSPS) is 14.8. The molecule has 88 valence electrons. The van der Waals surface area contributed by atoms with Gasteiger partial charge in [0.25, 0.3) is 0 Å². The van der Waals surface area contributed by atoms with Gasteiger partial charge in [-0.25, -0.2) is 4.98 Å². The van der Waals surface area contributed by atoms with Crippen LogP contribution < -0.4 is 10.6 Å². The lowest BCUT2D eigenvalue weighted by atomic mass is 10.1. The average molecular weight is 310 g/mol. The molecule has 0 aliphatic carbocycles. The number of thiophene rings is 1. The van der Waals surface area contributed by atoms with Gasteiger partial charge in [-0.05, 0) is 45.4 Å². The van der Waals surface area contributed by atoms with Gasteiger partial charge in [0.1, 0.15) is 5.82 Å². The Bertz CT molecular complexity index is 552. The largest absolute Gasteiger partial charge is 0.397 e. The van der Waals surface area contributed by atoms with Crippen LogP contribution in [0, 0.1) is 0 Å². The monoisotopic (exact) mass is 309 g/mol. The number of rotatable bonds is 1. The van der Waals surface area contributed by atoms with E-state index < -0.39 is 0 Å². The van der Waals surface area contributed by atoms with E-state index >= 15 is 0 Å². The summed E-state index contributed by atoms with van der Waals surface area (Å²) in [6, 6.07) is 4.11. The summed E-state index contributed by atoms with van der Waals surface area (Å²) in [7, 11) is 0. The lowest BCUT2D eigenvalue weighted by molar-refractivity contribution is 0.730. The van der Waals surface area contributed by atoms with E-state index in [4.69, 9.17) is 5.73 Å². The molecule has 5 heteroatoms. The molecule has 0 amide bonds. The number of halogens is 1. The Kier molecular flexibility index (Phi) is 2.80. The van der Waals surface area contributed by atoms with E-state index in [-0.39, 0.29) is 0 Å². The van der Waals surface area contributed by atoms with Crippen molar-refractivity contribution < 1.29 is 0 Å². The number of nitrogen functional groups attached to an aromatic ring is 1. The molecule has 0 bridgehead atoms. The SMILES string of the molecule is Nc1cnc(N2CCc3sccc3C2)c(Br)c1. The summed E-state index contributed by atoms with van der Waals surface area (Å²) in [5.74, 6) is 0.982. The Labute approximate surface area is 112 Å². The first-order valence-electron chi connectivity index (χ1n) is 5.45. The minimum absolute atomic E-state index is 0.689. The first kappa shape index (κ1) is 11.0. The van der Waals surface area contributed by atoms with Crippen LogP contribution in [0.2, 0.25) is 0 Å². The van der Waals surface area contributed by atoms with Gasteiger partial charge in [0.05, 0.1) is 16.4 Å². The van der Waals surface area contributed by atoms with Gasteiger partial charge in [0, 0.05) is 18.0 Å². The molecule has 3 heterocycles. The lowest BCUT2D eigenvalue weighted by Gasteiger charge is -2.28. The number of anilines is 2. The van der Waals surface area contributed by atoms with Crippen LogP contribution in [0.15, 0.2) is 28.2 Å². The summed E-state index contributed by atoms with van der Waals surface area (Å²) in [5, 5.41) is 2.17. The van der Waals surface area contributed by atoms with E-state index in [2.05, 4.69) is 37.3 Å². The predicted molar refractivity (Wildman–Crippen MR) is 75.4 cm³/mol. The van der Waals surface area contributed by atoms with Gasteiger partial charge in [0.15, 0.2) is 0 Å². The number of nitrogens with two attached hydrogens (primary N) is 1. The third kappa shape index (κ3) is 2.05. The zero-order valence-corrected chi connectivity index (χ0v) is 11.6. The molecule has 2 aromatic rings. The van der Waals surface area contributed by atoms with Crippen LogP contribution in [0.25, 0.3) is 0 Å². The molecule has 1 aliphatic rings. The summed E-state index contributed by atoms with van der Waals surface area (Å²) in [5.41, 5.74) is 7.82. The van der Waals surface area contributed by atoms with Gasteiger partial charge in [0.2, 0.25) is 0 Å². The molecule has 0 aromatic carbocycles. The van der Waals surface area contributed by atoms with E-state index in [1.165, 1.54) is 10.4 Å². The Balaban J connectivity index is 1.91. The fraction of sp³-hybridized carbons (Fsp3) is 0.250. The minimum atomic E-state index is 0.689. The molecule has 3 rings (SSSR count). The van der Waals surface area contributed by atoms with Crippen molar-refractivity contribution in [1.29, 1.82) is 0 Å². The van der Waals surface area contributed by atoms with Crippen LogP contribution in [0.5, 0.6) is 0 Å². The number of nitrogens with zero attached hydrogens (tertiary/aromatic N) is 2. The fourth-order valence-corrected chi connectivity index (χ4v) is 3.61. The third-order valence-electron chi connectivity index (χ3n) is 2.95. The molecule has 0 atom stereocenters. The van der Waals surface area contributed by atoms with E-state index in [1.807, 2.05) is 17.4 Å². The summed E-state index contributed by atoms with van der Waals surface area (Å²) in [6.45, 7) is 1.96. The van der Waals surface area contributed by atoms with E-state index in [1.54, 1.807) is 6.20 Å². The fourth-order valence-electron chi connectivity index (χ4n) is 2.11. The Morgan fingerprint density at radius 3 is 3.18 bits per heavy atom. The first-order chi connectivity index (χ1) is 8.24. The maximum Gasteiger partial charge on any atom is 0.143 e. The highest BCUT2D eigenvalue weighted by Crippen LogP contribution is 2.31. The zero-order valence-electron chi connectivity index (χ0n) is 9.19. The summed E-state index contributed by atoms with van der Waals surface area (Å²) < 4.78 is 0.969. The summed E-state index contributed by atoms with van der Waals surface area (Å²) in [4.78, 5) is 8.21. The lowest BCUT2D eigenvalue weighted by Crippen LogP contribution is -2.30. The van der Waals surface area contributed by atoms with Crippen LogP contribution in [0.3, 0.4) is 0 Å². The molecule has 17 heavy (non-hydrogen) atoms. The van der Waals surface area contributed by atoms with Crippen molar-refractivity contribution in [3.8, 4) is 0 Å². The number of pyridine rings is 1. The molecular weight excluding hydrogens is 298 g/mol. The van der Waals surface area contributed by atoms with Crippen molar-refractivity contribution in [2.24, 2.45) is 0 Å². The van der Waals surface area contributed by atoms with Crippen LogP contribution >= 0.6 is 27.3 Å². The Morgan fingerprint density at radius 2 is 2.35 bits per heavy atom. The molecule has 0 unspecified atom stereocenters. The molecule has 1 aliphatic heterocycles. The average Bonchev–Trinajstić information content (AvgIpc) is 2.75. The molecule has 2 aromatic heterocycles. The second kappa shape index (κ2) is 4.31. The highest BCUT2D eigenvalue weighted by Gasteiger charge is 2.19. The maximum absolute atomic E-state index is 5.71. The van der Waals surface area contributed by atoms with Gasteiger partial charge in [-0.2, -0.15) is 0 Å². The molecule has 0 fully saturated rings. The van der Waals surface area contributed by atoms with Gasteiger partial charge in [-0.3, -0.25) is 0 Å². The van der Waals surface area contributed by atoms with E-state index in [0.29, 0.717) is 5.69 Å². The number of fused-ring (bicyclic) bond motifs is 1. The van der Waals surface area contributed by atoms with Crippen LogP contribution in [0.1, 0.15) is 10.4 Å². The van der Waals surface area contributed by atoms with Crippen molar-refractivity contribution in [2.45, 2.75) is 13.0 Å². The topological polar surface area (TPSA) is 42.1 Å². The predicted octanol–water partition coefficient (Wildman–Crippen LogP) is 3.05. The van der Waals surface area contributed by atoms with E-state index in [9.17, 15) is 0 Å². The molecule has 0 spiro atoms. The van der Waals surface area contributed by atoms with Gasteiger partial charge in [-0.1, -0.05) is 0 Å². The minimum Gasteiger partial charge on any atom is -0.397 e. The molecular formula is C12H12BrN3S. The van der Waals surface area contributed by atoms with Crippen LogP contribution in [-0.4, -0.2) is 11.5 Å². The third-order valence-corrected chi connectivity index (χ3v) is 4.56. The van der Waals surface area contributed by atoms with Crippen molar-refractivity contribution >= 4 is 38.8 Å². The molecule has 2 N–H and O–H groups in total. The summed E-state index contributed by atoms with van der Waals surface area (Å²) >= 11 is 5.38. The van der Waals surface area contributed by atoms with Gasteiger partial charge in [-0.15, -0.1) is 11.3 Å². The Morgan fingerprint density at radius 1 is 1.47 bits per heavy atom. The van der Waals surface area contributed by atoms with Gasteiger partial charge >= 0.3 is 0 Å². The zero-order chi connectivity index (χ0) is 11.8. The van der Waals surface area contributed by atoms with Crippen LogP contribution in [-0.2, 0) is 13.0 Å². The number of aromatic nitrogens is 1. The summed E-state index contributed by atoms with van der Waals surface area (Å²) in [6.07, 6.45) is 2.81. The van der Waals surface area contributed by atoms with E-state index in [0.717, 1.165) is 29.8 Å². The first-order valence-corrected chi connectivity index (χ1v) is 7.12. The second-order valence-corrected chi connectivity index (χ2v) is 5.97. The second-order valence-electron chi connectivity index (χ2n) is 4.11. The smallest absolute Gasteiger partial charge is 0.143 e. The van der Waals surface area contributed by atoms with Crippen molar-refractivity contribution in [2.75, 3.05) is 17.2 Å². The number of hydrogen-bond acceptors (Lipinski definition) is 4. The maximum atomic E-state index is 5.71. The standard InChI is InChI=1S/C12H12BrN3S/c13-10-5-9(14)6-15-12(10)16-3-1-11-8(7-16)2-4-17-11/h2,4-6H,1,3,7,14H2. The molecule has 0 saturated heterocycles. The van der Waals surface area contributed by atoms with Crippen molar-refractivity contribution in [1.82, 2.24) is 4.98 Å². The Hall–Kier alpha value is -1.07. The molecule has 3 nitrogen and oxygen atoms in total. The van der Waals surface area contributed by atoms with Crippen molar-refractivity contribution in [3.63, 3.8) is 0 Å². The van der Waals surface area contributed by atoms with Gasteiger partial charge < -0.3 is 10.6 Å². The highest BCUT2D eigenvalue weighted by molar-refractivity contribution is 9.10.